The number of nitro groups is 1. The summed E-state index contributed by atoms with van der Waals surface area (Å²) in [6, 6.07) is 14.0. The number of benzene rings is 2. The Labute approximate surface area is 209 Å². The maximum atomic E-state index is 14.0. The van der Waals surface area contributed by atoms with E-state index in [1.165, 1.54) is 12.1 Å². The quantitative estimate of drug-likeness (QED) is 0.517. The average Bonchev–Trinajstić information content (AvgIpc) is 3.27. The van der Waals surface area contributed by atoms with Crippen LogP contribution in [0.1, 0.15) is 46.1 Å². The highest BCUT2D eigenvalue weighted by molar-refractivity contribution is 6.27. The summed E-state index contributed by atoms with van der Waals surface area (Å²) in [7, 11) is 0. The molecular formula is C28H29N3O5. The molecule has 2 aromatic carbocycles. The highest BCUT2D eigenvalue weighted by atomic mass is 16.6. The number of carbonyl (C=O) groups excluding carboxylic acids is 3. The Morgan fingerprint density at radius 1 is 1.03 bits per heavy atom. The molecular weight excluding hydrogens is 458 g/mol. The second kappa shape index (κ2) is 7.85. The van der Waals surface area contributed by atoms with Crippen LogP contribution in [-0.2, 0) is 14.4 Å². The monoisotopic (exact) mass is 487 g/mol. The lowest BCUT2D eigenvalue weighted by atomic mass is 9.58. The number of ketones is 1. The Bertz CT molecular complexity index is 1350. The first-order valence-corrected chi connectivity index (χ1v) is 12.2. The predicted octanol–water partition coefficient (Wildman–Crippen LogP) is 4.14. The van der Waals surface area contributed by atoms with E-state index in [1.54, 1.807) is 44.7 Å². The summed E-state index contributed by atoms with van der Waals surface area (Å²) in [5.74, 6) is -1.39. The zero-order valence-corrected chi connectivity index (χ0v) is 20.8. The number of Topliss-reactive ketones (excluding diaryl/α,β-unsaturated/α-hetero) is 1. The molecule has 36 heavy (non-hydrogen) atoms. The van der Waals surface area contributed by atoms with E-state index in [9.17, 15) is 24.5 Å². The first-order chi connectivity index (χ1) is 16.9. The highest BCUT2D eigenvalue weighted by Crippen LogP contribution is 2.50. The van der Waals surface area contributed by atoms with Gasteiger partial charge in [-0.25, -0.2) is 0 Å². The largest absolute Gasteiger partial charge is 0.336 e. The molecule has 2 fully saturated rings. The van der Waals surface area contributed by atoms with Gasteiger partial charge in [-0.3, -0.25) is 24.5 Å². The van der Waals surface area contributed by atoms with Gasteiger partial charge in [0.05, 0.1) is 10.5 Å². The molecule has 186 valence electrons. The molecule has 8 heteroatoms. The van der Waals surface area contributed by atoms with Gasteiger partial charge in [-0.05, 0) is 43.0 Å². The molecule has 2 amide bonds. The van der Waals surface area contributed by atoms with Gasteiger partial charge in [0.25, 0.3) is 11.6 Å². The summed E-state index contributed by atoms with van der Waals surface area (Å²) in [4.78, 5) is 54.4. The van der Waals surface area contributed by atoms with Gasteiger partial charge in [-0.2, -0.15) is 0 Å². The minimum Gasteiger partial charge on any atom is -0.336 e. The van der Waals surface area contributed by atoms with Crippen LogP contribution in [0.3, 0.4) is 0 Å². The van der Waals surface area contributed by atoms with Crippen molar-refractivity contribution in [3.8, 4) is 11.1 Å². The number of fused-ring (bicyclic) bond motifs is 1. The van der Waals surface area contributed by atoms with Gasteiger partial charge in [-0.15, -0.1) is 0 Å². The van der Waals surface area contributed by atoms with Crippen LogP contribution in [0.2, 0.25) is 0 Å². The Morgan fingerprint density at radius 3 is 2.39 bits per heavy atom. The molecule has 8 nitrogen and oxygen atoms in total. The molecule has 2 saturated heterocycles. The molecule has 0 radical (unpaired) electrons. The number of rotatable bonds is 3. The molecule has 2 heterocycles. The Kier molecular flexibility index (Phi) is 5.21. The number of hydrogen-bond donors (Lipinski definition) is 1. The van der Waals surface area contributed by atoms with Crippen LogP contribution < -0.4 is 5.32 Å². The average molecular weight is 488 g/mol. The Balaban J connectivity index is 1.71. The normalized spacial score (nSPS) is 29.1. The lowest BCUT2D eigenvalue weighted by Gasteiger charge is -2.54. The van der Waals surface area contributed by atoms with E-state index in [4.69, 9.17) is 0 Å². The van der Waals surface area contributed by atoms with E-state index >= 15 is 0 Å². The summed E-state index contributed by atoms with van der Waals surface area (Å²) in [6.45, 7) is 7.48. The summed E-state index contributed by atoms with van der Waals surface area (Å²) < 4.78 is 0. The van der Waals surface area contributed by atoms with E-state index in [1.807, 2.05) is 30.3 Å². The molecule has 3 unspecified atom stereocenters. The van der Waals surface area contributed by atoms with Gasteiger partial charge in [0.2, 0.25) is 5.91 Å². The molecule has 2 aliphatic heterocycles. The van der Waals surface area contributed by atoms with Crippen LogP contribution in [0.4, 0.5) is 5.69 Å². The minimum atomic E-state index is -1.47. The second-order valence-corrected chi connectivity index (χ2v) is 10.8. The summed E-state index contributed by atoms with van der Waals surface area (Å²) in [5.41, 5.74) is -2.01. The summed E-state index contributed by atoms with van der Waals surface area (Å²) in [6.07, 6.45) is 2.76. The lowest BCUT2D eigenvalue weighted by molar-refractivity contribution is -0.385. The van der Waals surface area contributed by atoms with E-state index in [0.29, 0.717) is 24.9 Å². The highest BCUT2D eigenvalue weighted by Gasteiger charge is 2.64. The second-order valence-electron chi connectivity index (χ2n) is 10.8. The van der Waals surface area contributed by atoms with Crippen LogP contribution in [-0.4, -0.2) is 45.0 Å². The van der Waals surface area contributed by atoms with Gasteiger partial charge in [0.15, 0.2) is 5.78 Å². The van der Waals surface area contributed by atoms with Gasteiger partial charge < -0.3 is 10.2 Å². The molecule has 0 saturated carbocycles. The molecule has 2 aromatic rings. The number of hydrogen-bond acceptors (Lipinski definition) is 5. The van der Waals surface area contributed by atoms with Crippen molar-refractivity contribution in [3.05, 3.63) is 70.3 Å². The van der Waals surface area contributed by atoms with Crippen molar-refractivity contribution in [1.82, 2.24) is 10.2 Å². The molecule has 3 aliphatic rings. The standard InChI is InChI=1S/C28H29N3O5/c1-17-26(2,3)23(32)21(16-28(17)25(34)30-14-8-13-27(30,4)24(33)29-28)20-12-11-19(15-22(20)31(35)36)18-9-6-5-7-10-18/h5-7,9-12,15-17H,8,13-14H2,1-4H3,(H,29,33). The van der Waals surface area contributed by atoms with Crippen molar-refractivity contribution >= 4 is 28.9 Å². The number of amides is 2. The Morgan fingerprint density at radius 2 is 1.72 bits per heavy atom. The topological polar surface area (TPSA) is 110 Å². The molecule has 1 spiro atoms. The minimum absolute atomic E-state index is 0.0841. The van der Waals surface area contributed by atoms with E-state index in [2.05, 4.69) is 5.32 Å². The predicted molar refractivity (Wildman–Crippen MR) is 135 cm³/mol. The fourth-order valence-electron chi connectivity index (χ4n) is 5.97. The van der Waals surface area contributed by atoms with Gasteiger partial charge in [0.1, 0.15) is 11.1 Å². The number of piperazine rings is 1. The van der Waals surface area contributed by atoms with Crippen molar-refractivity contribution in [3.63, 3.8) is 0 Å². The van der Waals surface area contributed by atoms with Crippen molar-refractivity contribution in [1.29, 1.82) is 0 Å². The number of nitrogens with zero attached hydrogens (tertiary/aromatic N) is 2. The number of carbonyl (C=O) groups is 3. The lowest BCUT2D eigenvalue weighted by Crippen LogP contribution is -2.76. The SMILES string of the molecule is CC1C(C)(C)C(=O)C(c2ccc(-c3ccccc3)cc2[N+](=O)[O-])=CC12NC(=O)C1(C)CCCN1C2=O. The van der Waals surface area contributed by atoms with Crippen LogP contribution in [0.5, 0.6) is 0 Å². The molecule has 1 N–H and O–H groups in total. The van der Waals surface area contributed by atoms with E-state index in [-0.39, 0.29) is 34.4 Å². The third kappa shape index (κ3) is 3.16. The molecule has 0 aromatic heterocycles. The maximum Gasteiger partial charge on any atom is 0.277 e. The molecule has 0 bridgehead atoms. The number of nitrogens with one attached hydrogen (secondary N) is 1. The molecule has 1 aliphatic carbocycles. The number of nitro benzene ring substituents is 1. The summed E-state index contributed by atoms with van der Waals surface area (Å²) in [5, 5.41) is 15.2. The van der Waals surface area contributed by atoms with E-state index in [0.717, 1.165) is 5.56 Å². The molecule has 3 atom stereocenters. The van der Waals surface area contributed by atoms with Crippen molar-refractivity contribution in [2.24, 2.45) is 11.3 Å². The molecule has 5 rings (SSSR count). The van der Waals surface area contributed by atoms with Crippen LogP contribution >= 0.6 is 0 Å². The van der Waals surface area contributed by atoms with Gasteiger partial charge in [0, 0.05) is 29.5 Å². The first-order valence-electron chi connectivity index (χ1n) is 12.2. The van der Waals surface area contributed by atoms with E-state index < -0.39 is 27.3 Å². The van der Waals surface area contributed by atoms with Gasteiger partial charge >= 0.3 is 0 Å². The smallest absolute Gasteiger partial charge is 0.277 e. The first kappa shape index (κ1) is 23.9. The van der Waals surface area contributed by atoms with Crippen LogP contribution in [0.15, 0.2) is 54.6 Å². The zero-order valence-electron chi connectivity index (χ0n) is 20.8. The third-order valence-corrected chi connectivity index (χ3v) is 8.61. The van der Waals surface area contributed by atoms with Crippen molar-refractivity contribution < 1.29 is 19.3 Å². The Hall–Kier alpha value is -3.81. The fourth-order valence-corrected chi connectivity index (χ4v) is 5.97. The fraction of sp³-hybridized carbons (Fsp3) is 0.393. The van der Waals surface area contributed by atoms with Crippen LogP contribution in [0, 0.1) is 21.4 Å². The van der Waals surface area contributed by atoms with Crippen molar-refractivity contribution in [2.45, 2.75) is 51.6 Å². The van der Waals surface area contributed by atoms with Crippen LogP contribution in [0.25, 0.3) is 16.7 Å². The summed E-state index contributed by atoms with van der Waals surface area (Å²) >= 11 is 0. The van der Waals surface area contributed by atoms with Crippen molar-refractivity contribution in [2.75, 3.05) is 6.54 Å². The third-order valence-electron chi connectivity index (χ3n) is 8.61. The zero-order chi connectivity index (χ0) is 26.0. The van der Waals surface area contributed by atoms with Gasteiger partial charge in [-0.1, -0.05) is 57.2 Å². The number of allylic oxidation sites excluding steroid dienone is 1. The maximum absolute atomic E-state index is 14.0.